The zero-order valence-corrected chi connectivity index (χ0v) is 15.9. The molecule has 1 fully saturated rings. The Hall–Kier alpha value is -2.05. The predicted molar refractivity (Wildman–Crippen MR) is 94.7 cm³/mol. The number of piperazine rings is 1. The lowest BCUT2D eigenvalue weighted by molar-refractivity contribution is 0.0240. The molecule has 0 aliphatic carbocycles. The highest BCUT2D eigenvalue weighted by molar-refractivity contribution is 5.68. The third kappa shape index (κ3) is 5.86. The van der Waals surface area contributed by atoms with Crippen LogP contribution in [0.5, 0.6) is 6.01 Å². The molecule has 1 amide bonds. The van der Waals surface area contributed by atoms with Gasteiger partial charge in [0, 0.05) is 37.9 Å². The smallest absolute Gasteiger partial charge is 0.410 e. The van der Waals surface area contributed by atoms with Crippen LogP contribution >= 0.6 is 0 Å². The number of hydrogen-bond acceptors (Lipinski definition) is 6. The summed E-state index contributed by atoms with van der Waals surface area (Å²) in [6, 6.07) is 2.29. The number of carbonyl (C=O) groups excluding carboxylic acids is 1. The molecule has 0 unspecified atom stereocenters. The molecule has 0 spiro atoms. The minimum absolute atomic E-state index is 0.261. The highest BCUT2D eigenvalue weighted by atomic mass is 16.6. The first-order valence-electron chi connectivity index (χ1n) is 8.41. The molecule has 0 radical (unpaired) electrons. The number of carbonyl (C=O) groups is 1. The average molecular weight is 338 g/mol. The van der Waals surface area contributed by atoms with E-state index in [0.29, 0.717) is 32.2 Å². The molecular weight excluding hydrogens is 308 g/mol. The number of aryl methyl sites for hydroxylation is 1. The van der Waals surface area contributed by atoms with Crippen LogP contribution in [-0.2, 0) is 4.74 Å². The van der Waals surface area contributed by atoms with Crippen LogP contribution in [0.2, 0.25) is 0 Å². The van der Waals surface area contributed by atoms with E-state index < -0.39 is 5.60 Å². The molecule has 24 heavy (non-hydrogen) atoms. The summed E-state index contributed by atoms with van der Waals surface area (Å²) in [5.41, 5.74) is 0.391. The van der Waals surface area contributed by atoms with E-state index >= 15 is 0 Å². The van der Waals surface area contributed by atoms with E-state index in [1.165, 1.54) is 0 Å². The Bertz CT molecular complexity index is 535. The van der Waals surface area contributed by atoms with Gasteiger partial charge in [-0.25, -0.2) is 9.78 Å². The van der Waals surface area contributed by atoms with Crippen LogP contribution in [0.25, 0.3) is 0 Å². The van der Waals surface area contributed by atoms with Crippen LogP contribution in [0.3, 0.4) is 0 Å². The van der Waals surface area contributed by atoms with Crippen LogP contribution in [-0.4, -0.2) is 59.9 Å². The molecule has 136 valence electrons. The quantitative estimate of drug-likeness (QED) is 0.826. The molecule has 0 atom stereocenters. The molecule has 0 bridgehead atoms. The lowest BCUT2D eigenvalue weighted by Gasteiger charge is -2.36. The molecule has 0 aromatic carbocycles. The number of methoxy groups -OCH3 is 1. The molecule has 2 rings (SSSR count). The van der Waals surface area contributed by atoms with Crippen molar-refractivity contribution in [2.75, 3.05) is 38.2 Å². The first-order chi connectivity index (χ1) is 11.3. The SMILES string of the molecule is CC.COc1nc(C)cc(N2CCN(C(=O)OC(C)(C)C)CC2)n1. The molecule has 1 saturated heterocycles. The minimum atomic E-state index is -0.467. The first kappa shape index (κ1) is 20.0. The Kier molecular flexibility index (Phi) is 7.25. The van der Waals surface area contributed by atoms with Gasteiger partial charge in [0.15, 0.2) is 0 Å². The minimum Gasteiger partial charge on any atom is -0.467 e. The summed E-state index contributed by atoms with van der Waals surface area (Å²) in [7, 11) is 1.55. The zero-order chi connectivity index (χ0) is 18.3. The van der Waals surface area contributed by atoms with Crippen molar-refractivity contribution in [1.82, 2.24) is 14.9 Å². The fraction of sp³-hybridized carbons (Fsp3) is 0.706. The summed E-state index contributed by atoms with van der Waals surface area (Å²) in [5.74, 6) is 0.827. The van der Waals surface area contributed by atoms with Crippen molar-refractivity contribution in [3.05, 3.63) is 11.8 Å². The van der Waals surface area contributed by atoms with Crippen LogP contribution in [0.4, 0.5) is 10.6 Å². The number of hydrogen-bond donors (Lipinski definition) is 0. The molecule has 1 aliphatic rings. The second-order valence-corrected chi connectivity index (χ2v) is 6.31. The fourth-order valence-electron chi connectivity index (χ4n) is 2.22. The van der Waals surface area contributed by atoms with Gasteiger partial charge in [0.05, 0.1) is 7.11 Å². The number of nitrogens with zero attached hydrogens (tertiary/aromatic N) is 4. The molecular formula is C17H30N4O3. The van der Waals surface area contributed by atoms with Crippen molar-refractivity contribution in [2.24, 2.45) is 0 Å². The number of anilines is 1. The largest absolute Gasteiger partial charge is 0.467 e. The van der Waals surface area contributed by atoms with Gasteiger partial charge in [-0.2, -0.15) is 4.98 Å². The third-order valence-corrected chi connectivity index (χ3v) is 3.26. The van der Waals surface area contributed by atoms with Crippen molar-refractivity contribution in [3.8, 4) is 6.01 Å². The van der Waals surface area contributed by atoms with E-state index in [2.05, 4.69) is 14.9 Å². The number of aromatic nitrogens is 2. The first-order valence-corrected chi connectivity index (χ1v) is 8.41. The maximum atomic E-state index is 12.1. The molecule has 0 N–H and O–H groups in total. The summed E-state index contributed by atoms with van der Waals surface area (Å²) in [5, 5.41) is 0. The molecule has 7 heteroatoms. The average Bonchev–Trinajstić information content (AvgIpc) is 2.54. The third-order valence-electron chi connectivity index (χ3n) is 3.26. The lowest BCUT2D eigenvalue weighted by atomic mass is 10.2. The molecule has 1 aliphatic heterocycles. The van der Waals surface area contributed by atoms with Gasteiger partial charge in [-0.1, -0.05) is 13.8 Å². The lowest BCUT2D eigenvalue weighted by Crippen LogP contribution is -2.50. The second kappa shape index (κ2) is 8.70. The number of amides is 1. The number of rotatable bonds is 2. The van der Waals surface area contributed by atoms with Crippen molar-refractivity contribution in [1.29, 1.82) is 0 Å². The monoisotopic (exact) mass is 338 g/mol. The number of ether oxygens (including phenoxy) is 2. The van der Waals surface area contributed by atoms with E-state index in [9.17, 15) is 4.79 Å². The van der Waals surface area contributed by atoms with Crippen molar-refractivity contribution < 1.29 is 14.3 Å². The van der Waals surface area contributed by atoms with Crippen LogP contribution < -0.4 is 9.64 Å². The Labute approximate surface area is 145 Å². The Morgan fingerprint density at radius 3 is 2.21 bits per heavy atom. The van der Waals surface area contributed by atoms with E-state index in [1.807, 2.05) is 47.6 Å². The van der Waals surface area contributed by atoms with E-state index in [4.69, 9.17) is 9.47 Å². The van der Waals surface area contributed by atoms with Gasteiger partial charge in [0.1, 0.15) is 11.4 Å². The Morgan fingerprint density at radius 1 is 1.12 bits per heavy atom. The van der Waals surface area contributed by atoms with Gasteiger partial charge in [0.2, 0.25) is 0 Å². The van der Waals surface area contributed by atoms with Crippen LogP contribution in [0.15, 0.2) is 6.07 Å². The standard InChI is InChI=1S/C15H24N4O3.C2H6/c1-11-10-12(17-13(16-11)21-5)18-6-8-19(9-7-18)14(20)22-15(2,3)4;1-2/h10H,6-9H2,1-5H3;1-2H3. The summed E-state index contributed by atoms with van der Waals surface area (Å²) < 4.78 is 10.5. The van der Waals surface area contributed by atoms with Gasteiger partial charge in [-0.15, -0.1) is 0 Å². The molecule has 1 aromatic heterocycles. The maximum absolute atomic E-state index is 12.1. The van der Waals surface area contributed by atoms with E-state index in [0.717, 1.165) is 11.5 Å². The molecule has 1 aromatic rings. The summed E-state index contributed by atoms with van der Waals surface area (Å²) >= 11 is 0. The zero-order valence-electron chi connectivity index (χ0n) is 15.9. The second-order valence-electron chi connectivity index (χ2n) is 6.31. The topological polar surface area (TPSA) is 67.8 Å². The van der Waals surface area contributed by atoms with Crippen LogP contribution in [0, 0.1) is 6.92 Å². The fourth-order valence-corrected chi connectivity index (χ4v) is 2.22. The van der Waals surface area contributed by atoms with Gasteiger partial charge in [0.25, 0.3) is 0 Å². The summed E-state index contributed by atoms with van der Waals surface area (Å²) in [4.78, 5) is 24.5. The predicted octanol–water partition coefficient (Wildman–Crippen LogP) is 2.88. The van der Waals surface area contributed by atoms with Gasteiger partial charge in [-0.05, 0) is 27.7 Å². The molecule has 0 saturated carbocycles. The maximum Gasteiger partial charge on any atom is 0.410 e. The highest BCUT2D eigenvalue weighted by Crippen LogP contribution is 2.18. The molecule has 2 heterocycles. The Balaban J connectivity index is 0.00000139. The highest BCUT2D eigenvalue weighted by Gasteiger charge is 2.26. The van der Waals surface area contributed by atoms with E-state index in [-0.39, 0.29) is 6.09 Å². The Morgan fingerprint density at radius 2 is 1.71 bits per heavy atom. The van der Waals surface area contributed by atoms with E-state index in [1.54, 1.807) is 12.0 Å². The van der Waals surface area contributed by atoms with Gasteiger partial charge >= 0.3 is 12.1 Å². The van der Waals surface area contributed by atoms with Gasteiger partial charge in [-0.3, -0.25) is 0 Å². The van der Waals surface area contributed by atoms with Gasteiger partial charge < -0.3 is 19.3 Å². The van der Waals surface area contributed by atoms with Crippen LogP contribution in [0.1, 0.15) is 40.3 Å². The van der Waals surface area contributed by atoms with Crippen molar-refractivity contribution in [3.63, 3.8) is 0 Å². The summed E-state index contributed by atoms with van der Waals surface area (Å²) in [6.07, 6.45) is -0.261. The molecule has 7 nitrogen and oxygen atoms in total. The van der Waals surface area contributed by atoms with Crippen molar-refractivity contribution >= 4 is 11.9 Å². The normalized spacial score (nSPS) is 14.6. The summed E-state index contributed by atoms with van der Waals surface area (Å²) in [6.45, 7) is 14.2. The van der Waals surface area contributed by atoms with Crippen molar-refractivity contribution in [2.45, 2.75) is 47.1 Å².